The van der Waals surface area contributed by atoms with Crippen LogP contribution in [0.4, 0.5) is 24.7 Å². The van der Waals surface area contributed by atoms with Crippen molar-refractivity contribution in [2.75, 3.05) is 23.7 Å². The van der Waals surface area contributed by atoms with Crippen LogP contribution in [-0.4, -0.2) is 39.8 Å². The van der Waals surface area contributed by atoms with Crippen molar-refractivity contribution >= 4 is 40.9 Å². The SMILES string of the molecule is Cl.Nc1cc(-n2cc(C(=O)O)c(=O)c3cc(F)c(N4CC(N)C5(CC5)C4)nc32)c(F)cc1F. The Balaban J connectivity index is 0.00000259. The number of nitrogens with two attached hydrogens (primary N) is 2. The summed E-state index contributed by atoms with van der Waals surface area (Å²) in [4.78, 5) is 30.2. The predicted octanol–water partition coefficient (Wildman–Crippen LogP) is 2.43. The molecule has 8 nitrogen and oxygen atoms in total. The van der Waals surface area contributed by atoms with Crippen molar-refractivity contribution in [3.8, 4) is 5.69 Å². The number of hydrogen-bond acceptors (Lipinski definition) is 6. The first-order valence-corrected chi connectivity index (χ1v) is 9.86. The third-order valence-corrected chi connectivity index (χ3v) is 6.37. The summed E-state index contributed by atoms with van der Waals surface area (Å²) in [7, 11) is 0. The number of hydrogen-bond donors (Lipinski definition) is 3. The van der Waals surface area contributed by atoms with Gasteiger partial charge in [0.2, 0.25) is 5.43 Å². The minimum Gasteiger partial charge on any atom is -0.477 e. The molecule has 1 saturated heterocycles. The van der Waals surface area contributed by atoms with Crippen LogP contribution in [0, 0.1) is 22.9 Å². The molecule has 5 N–H and O–H groups in total. The van der Waals surface area contributed by atoms with E-state index in [-0.39, 0.29) is 46.4 Å². The van der Waals surface area contributed by atoms with E-state index in [1.165, 1.54) is 0 Å². The van der Waals surface area contributed by atoms with E-state index in [1.807, 2.05) is 0 Å². The third kappa shape index (κ3) is 3.47. The van der Waals surface area contributed by atoms with E-state index in [9.17, 15) is 23.5 Å². The summed E-state index contributed by atoms with van der Waals surface area (Å²) in [5.41, 5.74) is 9.06. The Morgan fingerprint density at radius 3 is 2.45 bits per heavy atom. The summed E-state index contributed by atoms with van der Waals surface area (Å²) in [5.74, 6) is -4.57. The van der Waals surface area contributed by atoms with Crippen LogP contribution in [0.3, 0.4) is 0 Å². The van der Waals surface area contributed by atoms with Gasteiger partial charge in [-0.25, -0.2) is 22.9 Å². The highest BCUT2D eigenvalue weighted by Crippen LogP contribution is 2.52. The lowest BCUT2D eigenvalue weighted by atomic mass is 10.0. The number of carboxylic acid groups (broad SMARTS) is 1. The summed E-state index contributed by atoms with van der Waals surface area (Å²) in [6, 6.07) is 2.22. The molecule has 1 atom stereocenters. The number of carboxylic acids is 1. The molecule has 1 aliphatic heterocycles. The fraction of sp³-hybridized carbons (Fsp3) is 0.286. The highest BCUT2D eigenvalue weighted by Gasteiger charge is 2.54. The quantitative estimate of drug-likeness (QED) is 0.490. The zero-order valence-corrected chi connectivity index (χ0v) is 17.8. The lowest BCUT2D eigenvalue weighted by Gasteiger charge is -2.20. The van der Waals surface area contributed by atoms with Crippen molar-refractivity contribution in [2.45, 2.75) is 18.9 Å². The number of aromatic carboxylic acids is 1. The van der Waals surface area contributed by atoms with Gasteiger partial charge in [-0.3, -0.25) is 9.36 Å². The number of halogens is 4. The van der Waals surface area contributed by atoms with E-state index in [0.717, 1.165) is 35.7 Å². The molecule has 1 saturated carbocycles. The maximum Gasteiger partial charge on any atom is 0.341 e. The van der Waals surface area contributed by atoms with E-state index in [4.69, 9.17) is 11.5 Å². The van der Waals surface area contributed by atoms with Gasteiger partial charge in [0.05, 0.1) is 16.8 Å². The highest BCUT2D eigenvalue weighted by molar-refractivity contribution is 5.92. The van der Waals surface area contributed by atoms with Gasteiger partial charge in [-0.2, -0.15) is 0 Å². The number of fused-ring (bicyclic) bond motifs is 1. The van der Waals surface area contributed by atoms with Crippen molar-refractivity contribution in [3.63, 3.8) is 0 Å². The molecule has 1 aliphatic carbocycles. The summed E-state index contributed by atoms with van der Waals surface area (Å²) in [6.07, 6.45) is 2.72. The van der Waals surface area contributed by atoms with Gasteiger partial charge in [-0.15, -0.1) is 12.4 Å². The van der Waals surface area contributed by atoms with Gasteiger partial charge in [-0.05, 0) is 25.0 Å². The van der Waals surface area contributed by atoms with Gasteiger partial charge >= 0.3 is 5.97 Å². The van der Waals surface area contributed by atoms with Crippen LogP contribution in [0.5, 0.6) is 0 Å². The molecule has 2 fully saturated rings. The first-order chi connectivity index (χ1) is 15.1. The number of nitrogens with zero attached hydrogens (tertiary/aromatic N) is 3. The van der Waals surface area contributed by atoms with E-state index in [2.05, 4.69) is 4.98 Å². The Hall–Kier alpha value is -3.31. The number of benzene rings is 1. The Bertz CT molecular complexity index is 1380. The largest absolute Gasteiger partial charge is 0.477 e. The molecular weight excluding hydrogens is 463 g/mol. The van der Waals surface area contributed by atoms with Crippen LogP contribution in [0.2, 0.25) is 0 Å². The molecule has 2 aliphatic rings. The number of aromatic nitrogens is 2. The molecule has 3 aromatic rings. The maximum absolute atomic E-state index is 15.0. The average molecular weight is 482 g/mol. The van der Waals surface area contributed by atoms with Crippen LogP contribution in [0.15, 0.2) is 29.2 Å². The molecule has 174 valence electrons. The molecule has 33 heavy (non-hydrogen) atoms. The summed E-state index contributed by atoms with van der Waals surface area (Å²) in [6.45, 7) is 0.837. The second-order valence-electron chi connectivity index (χ2n) is 8.39. The molecule has 0 bridgehead atoms. The van der Waals surface area contributed by atoms with Crippen molar-refractivity contribution in [3.05, 3.63) is 57.6 Å². The molecule has 0 amide bonds. The zero-order chi connectivity index (χ0) is 22.9. The van der Waals surface area contributed by atoms with Gasteiger partial charge in [0, 0.05) is 36.8 Å². The van der Waals surface area contributed by atoms with Crippen LogP contribution in [0.25, 0.3) is 16.7 Å². The maximum atomic E-state index is 15.0. The Morgan fingerprint density at radius 2 is 1.85 bits per heavy atom. The normalized spacial score (nSPS) is 18.5. The molecule has 1 spiro atoms. The van der Waals surface area contributed by atoms with Crippen LogP contribution in [-0.2, 0) is 0 Å². The molecule has 2 aromatic heterocycles. The minimum atomic E-state index is -1.59. The van der Waals surface area contributed by atoms with Gasteiger partial charge in [0.1, 0.15) is 17.2 Å². The molecule has 1 unspecified atom stereocenters. The zero-order valence-electron chi connectivity index (χ0n) is 17.0. The van der Waals surface area contributed by atoms with Crippen LogP contribution >= 0.6 is 12.4 Å². The van der Waals surface area contributed by atoms with Gasteiger partial charge in [0.25, 0.3) is 0 Å². The fourth-order valence-corrected chi connectivity index (χ4v) is 4.35. The van der Waals surface area contributed by atoms with Crippen molar-refractivity contribution in [1.82, 2.24) is 9.55 Å². The Kier molecular flexibility index (Phi) is 5.29. The molecular formula is C21H19ClF3N5O3. The van der Waals surface area contributed by atoms with Gasteiger partial charge < -0.3 is 21.5 Å². The second kappa shape index (κ2) is 7.63. The molecule has 0 radical (unpaired) electrons. The molecule has 12 heteroatoms. The Labute approximate surface area is 191 Å². The highest BCUT2D eigenvalue weighted by atomic mass is 35.5. The number of nitrogen functional groups attached to an aromatic ring is 1. The second-order valence-corrected chi connectivity index (χ2v) is 8.39. The van der Waals surface area contributed by atoms with E-state index >= 15 is 4.39 Å². The number of carbonyl (C=O) groups is 1. The van der Waals surface area contributed by atoms with Gasteiger partial charge in [-0.1, -0.05) is 0 Å². The standard InChI is InChI=1S/C21H18F3N5O3.ClH/c22-11-4-12(23)15(5-14(11)25)29-6-10(20(31)32)17(30)9-3-13(24)19(27-18(9)29)28-7-16(26)21(8-28)1-2-21;/h3-6,16H,1-2,7-8,25-26H2,(H,31,32);1H. The van der Waals surface area contributed by atoms with Crippen LogP contribution < -0.4 is 21.8 Å². The van der Waals surface area contributed by atoms with E-state index in [0.29, 0.717) is 19.2 Å². The lowest BCUT2D eigenvalue weighted by Crippen LogP contribution is -2.30. The van der Waals surface area contributed by atoms with Gasteiger partial charge in [0.15, 0.2) is 17.3 Å². The predicted molar refractivity (Wildman–Crippen MR) is 118 cm³/mol. The molecule has 1 aromatic carbocycles. The first-order valence-electron chi connectivity index (χ1n) is 9.86. The van der Waals surface area contributed by atoms with Crippen molar-refractivity contribution in [2.24, 2.45) is 11.1 Å². The smallest absolute Gasteiger partial charge is 0.341 e. The summed E-state index contributed by atoms with van der Waals surface area (Å²) in [5, 5.41) is 9.06. The molecule has 3 heterocycles. The number of anilines is 2. The van der Waals surface area contributed by atoms with Crippen molar-refractivity contribution in [1.29, 1.82) is 0 Å². The molecule has 5 rings (SSSR count). The third-order valence-electron chi connectivity index (χ3n) is 6.37. The monoisotopic (exact) mass is 481 g/mol. The number of pyridine rings is 2. The van der Waals surface area contributed by atoms with E-state index < -0.39 is 40.1 Å². The first kappa shape index (κ1) is 22.9. The van der Waals surface area contributed by atoms with Crippen molar-refractivity contribution < 1.29 is 23.1 Å². The fourth-order valence-electron chi connectivity index (χ4n) is 4.35. The van der Waals surface area contributed by atoms with Crippen LogP contribution in [0.1, 0.15) is 23.2 Å². The summed E-state index contributed by atoms with van der Waals surface area (Å²) < 4.78 is 44.3. The summed E-state index contributed by atoms with van der Waals surface area (Å²) >= 11 is 0. The number of rotatable bonds is 3. The minimum absolute atomic E-state index is 0. The average Bonchev–Trinajstić information content (AvgIpc) is 3.44. The Morgan fingerprint density at radius 1 is 1.15 bits per heavy atom. The van der Waals surface area contributed by atoms with E-state index in [1.54, 1.807) is 4.90 Å². The topological polar surface area (TPSA) is 127 Å². The lowest BCUT2D eigenvalue weighted by molar-refractivity contribution is 0.0695.